The summed E-state index contributed by atoms with van der Waals surface area (Å²) in [6.07, 6.45) is -0.763. The normalized spacial score (nSPS) is 12.6. The molecule has 1 atom stereocenters. The predicted molar refractivity (Wildman–Crippen MR) is 46.2 cm³/mol. The molecule has 0 amide bonds. The third-order valence-electron chi connectivity index (χ3n) is 1.63. The maximum atomic E-state index is 12.7. The van der Waals surface area contributed by atoms with Crippen molar-refractivity contribution in [2.75, 3.05) is 0 Å². The lowest BCUT2D eigenvalue weighted by molar-refractivity contribution is 0.216. The van der Waals surface area contributed by atoms with Crippen LogP contribution < -0.4 is 0 Å². The fourth-order valence-electron chi connectivity index (χ4n) is 0.961. The van der Waals surface area contributed by atoms with Crippen molar-refractivity contribution in [3.63, 3.8) is 0 Å². The Bertz CT molecular complexity index is 294. The molecule has 0 saturated carbocycles. The summed E-state index contributed by atoms with van der Waals surface area (Å²) in [4.78, 5) is 0. The Kier molecular flexibility index (Phi) is 2.61. The Morgan fingerprint density at radius 1 is 1.58 bits per heavy atom. The van der Waals surface area contributed by atoms with E-state index in [0.29, 0.717) is 11.1 Å². The molecule has 1 unspecified atom stereocenters. The van der Waals surface area contributed by atoms with Crippen LogP contribution in [0.1, 0.15) is 18.6 Å². The van der Waals surface area contributed by atoms with Gasteiger partial charge in [0.05, 0.1) is 6.10 Å². The van der Waals surface area contributed by atoms with Crippen LogP contribution in [0.3, 0.4) is 0 Å². The van der Waals surface area contributed by atoms with E-state index in [-0.39, 0.29) is 5.82 Å². The predicted octanol–water partition coefficient (Wildman–Crippen LogP) is 2.44. The molecule has 0 fully saturated rings. The van der Waals surface area contributed by atoms with Gasteiger partial charge in [-0.05, 0) is 30.2 Å². The molecule has 0 radical (unpaired) electrons. The summed E-state index contributed by atoms with van der Waals surface area (Å²) in [7, 11) is 0. The van der Waals surface area contributed by atoms with Gasteiger partial charge in [0.25, 0.3) is 0 Å². The van der Waals surface area contributed by atoms with Crippen molar-refractivity contribution in [3.05, 3.63) is 47.8 Å². The van der Waals surface area contributed by atoms with E-state index in [1.54, 1.807) is 19.1 Å². The molecule has 0 aromatic heterocycles. The molecule has 1 aromatic rings. The van der Waals surface area contributed by atoms with Gasteiger partial charge in [-0.2, -0.15) is 0 Å². The van der Waals surface area contributed by atoms with Gasteiger partial charge in [0.1, 0.15) is 5.82 Å². The van der Waals surface area contributed by atoms with Crippen LogP contribution in [0.25, 0.3) is 0 Å². The zero-order valence-corrected chi connectivity index (χ0v) is 6.92. The number of hydrogen-bond acceptors (Lipinski definition) is 1. The summed E-state index contributed by atoms with van der Waals surface area (Å²) in [5, 5.41) is 9.46. The lowest BCUT2D eigenvalue weighted by atomic mass is 10.0. The van der Waals surface area contributed by atoms with Crippen molar-refractivity contribution < 1.29 is 9.50 Å². The fraction of sp³-hybridized carbons (Fsp3) is 0.200. The van der Waals surface area contributed by atoms with Crippen LogP contribution in [0.15, 0.2) is 36.4 Å². The van der Waals surface area contributed by atoms with Crippen LogP contribution in [0, 0.1) is 5.82 Å². The number of halogens is 1. The molecule has 1 nitrogen and oxygen atoms in total. The summed E-state index contributed by atoms with van der Waals surface area (Å²) in [5.74, 6) is -0.340. The van der Waals surface area contributed by atoms with Gasteiger partial charge in [-0.15, -0.1) is 0 Å². The van der Waals surface area contributed by atoms with Crippen LogP contribution in [-0.2, 0) is 0 Å². The molecular weight excluding hydrogens is 155 g/mol. The number of aliphatic hydroxyl groups excluding tert-OH is 1. The molecule has 0 spiro atoms. The minimum Gasteiger partial charge on any atom is -0.384 e. The highest BCUT2D eigenvalue weighted by atomic mass is 19.1. The van der Waals surface area contributed by atoms with Crippen LogP contribution in [0.2, 0.25) is 0 Å². The fourth-order valence-corrected chi connectivity index (χ4v) is 0.961. The van der Waals surface area contributed by atoms with Gasteiger partial charge in [-0.3, -0.25) is 0 Å². The van der Waals surface area contributed by atoms with Crippen LogP contribution in [-0.4, -0.2) is 5.11 Å². The van der Waals surface area contributed by atoms with E-state index in [9.17, 15) is 9.50 Å². The summed E-state index contributed by atoms with van der Waals surface area (Å²) in [5.41, 5.74) is 1.16. The number of rotatable bonds is 2. The first kappa shape index (κ1) is 8.94. The number of hydrogen-bond donors (Lipinski definition) is 1. The average molecular weight is 166 g/mol. The first-order chi connectivity index (χ1) is 5.61. The van der Waals surface area contributed by atoms with Crippen molar-refractivity contribution in [2.45, 2.75) is 13.0 Å². The monoisotopic (exact) mass is 166 g/mol. The molecule has 1 N–H and O–H groups in total. The summed E-state index contributed by atoms with van der Waals surface area (Å²) in [6.45, 7) is 5.29. The zero-order chi connectivity index (χ0) is 9.14. The molecule has 0 heterocycles. The highest BCUT2D eigenvalue weighted by Crippen LogP contribution is 2.19. The van der Waals surface area contributed by atoms with Gasteiger partial charge in [0, 0.05) is 0 Å². The van der Waals surface area contributed by atoms with E-state index >= 15 is 0 Å². The molecule has 1 aromatic carbocycles. The average Bonchev–Trinajstić information content (AvgIpc) is 2.03. The summed E-state index contributed by atoms with van der Waals surface area (Å²) < 4.78 is 12.7. The third kappa shape index (κ3) is 1.92. The van der Waals surface area contributed by atoms with E-state index in [2.05, 4.69) is 6.58 Å². The van der Waals surface area contributed by atoms with Gasteiger partial charge in [0.15, 0.2) is 0 Å². The molecule has 0 saturated heterocycles. The zero-order valence-electron chi connectivity index (χ0n) is 6.92. The number of aliphatic hydroxyl groups is 1. The second-order valence-electron chi connectivity index (χ2n) is 2.80. The quantitative estimate of drug-likeness (QED) is 0.669. The van der Waals surface area contributed by atoms with Crippen molar-refractivity contribution >= 4 is 0 Å². The molecule has 64 valence electrons. The van der Waals surface area contributed by atoms with E-state index in [4.69, 9.17) is 0 Å². The molecule has 2 heteroatoms. The highest BCUT2D eigenvalue weighted by Gasteiger charge is 2.07. The molecular formula is C10H11FO. The minimum atomic E-state index is -0.763. The summed E-state index contributed by atoms with van der Waals surface area (Å²) in [6, 6.07) is 5.88. The van der Waals surface area contributed by atoms with E-state index in [0.717, 1.165) is 0 Å². The van der Waals surface area contributed by atoms with Gasteiger partial charge in [-0.1, -0.05) is 18.7 Å². The second-order valence-corrected chi connectivity index (χ2v) is 2.80. The lowest BCUT2D eigenvalue weighted by Crippen LogP contribution is -1.97. The molecule has 12 heavy (non-hydrogen) atoms. The van der Waals surface area contributed by atoms with Crippen molar-refractivity contribution in [1.29, 1.82) is 0 Å². The van der Waals surface area contributed by atoms with E-state index in [1.165, 1.54) is 12.1 Å². The first-order valence-electron chi connectivity index (χ1n) is 3.70. The van der Waals surface area contributed by atoms with Gasteiger partial charge in [0.2, 0.25) is 0 Å². The topological polar surface area (TPSA) is 20.2 Å². The summed E-state index contributed by atoms with van der Waals surface area (Å²) >= 11 is 0. The largest absolute Gasteiger partial charge is 0.384 e. The second kappa shape index (κ2) is 3.50. The van der Waals surface area contributed by atoms with Crippen molar-refractivity contribution in [1.82, 2.24) is 0 Å². The maximum Gasteiger partial charge on any atom is 0.123 e. The SMILES string of the molecule is C=C(C)C(O)c1cccc(F)c1. The maximum absolute atomic E-state index is 12.7. The molecule has 1 rings (SSSR count). The Labute approximate surface area is 71.2 Å². The first-order valence-corrected chi connectivity index (χ1v) is 3.70. The molecule has 0 aliphatic rings. The Hall–Kier alpha value is -1.15. The highest BCUT2D eigenvalue weighted by molar-refractivity contribution is 5.24. The smallest absolute Gasteiger partial charge is 0.123 e. The van der Waals surface area contributed by atoms with Gasteiger partial charge < -0.3 is 5.11 Å². The Morgan fingerprint density at radius 2 is 2.25 bits per heavy atom. The van der Waals surface area contributed by atoms with Crippen molar-refractivity contribution in [2.24, 2.45) is 0 Å². The third-order valence-corrected chi connectivity index (χ3v) is 1.63. The van der Waals surface area contributed by atoms with E-state index in [1.807, 2.05) is 0 Å². The van der Waals surface area contributed by atoms with Crippen LogP contribution >= 0.6 is 0 Å². The van der Waals surface area contributed by atoms with Gasteiger partial charge >= 0.3 is 0 Å². The van der Waals surface area contributed by atoms with Crippen LogP contribution in [0.5, 0.6) is 0 Å². The number of benzene rings is 1. The van der Waals surface area contributed by atoms with Crippen molar-refractivity contribution in [3.8, 4) is 0 Å². The lowest BCUT2D eigenvalue weighted by Gasteiger charge is -2.09. The molecule has 0 aliphatic carbocycles. The Balaban J connectivity index is 2.95. The van der Waals surface area contributed by atoms with E-state index < -0.39 is 6.10 Å². The van der Waals surface area contributed by atoms with Gasteiger partial charge in [-0.25, -0.2) is 4.39 Å². The standard InChI is InChI=1S/C10H11FO/c1-7(2)10(12)8-4-3-5-9(11)6-8/h3-6,10,12H,1H2,2H3. The molecule has 0 bridgehead atoms. The minimum absolute atomic E-state index is 0.340. The Morgan fingerprint density at radius 3 is 2.75 bits per heavy atom. The molecule has 0 aliphatic heterocycles. The van der Waals surface area contributed by atoms with Crippen LogP contribution in [0.4, 0.5) is 4.39 Å².